The van der Waals surface area contributed by atoms with Gasteiger partial charge in [0.1, 0.15) is 11.6 Å². The van der Waals surface area contributed by atoms with Crippen molar-refractivity contribution >= 4 is 0 Å². The molecule has 3 rings (SSSR count). The van der Waals surface area contributed by atoms with E-state index in [-0.39, 0.29) is 18.2 Å². The van der Waals surface area contributed by atoms with Crippen molar-refractivity contribution in [3.05, 3.63) is 70.8 Å². The highest BCUT2D eigenvalue weighted by Gasteiger charge is 2.20. The van der Waals surface area contributed by atoms with Gasteiger partial charge in [-0.25, -0.2) is 8.78 Å². The highest BCUT2D eigenvalue weighted by atomic mass is 19.1. The number of rotatable bonds is 3. The summed E-state index contributed by atoms with van der Waals surface area (Å²) in [5, 5.41) is 3.30. The van der Waals surface area contributed by atoms with Crippen LogP contribution in [0.4, 0.5) is 8.78 Å². The molecule has 0 spiro atoms. The number of hydrogen-bond acceptors (Lipinski definition) is 1. The standard InChI is InChI=1S/C17H17F2N/c18-15-8-4-9-16(19)14(15)11-20-17-10-3-6-12-5-1-2-7-13(12)17/h1-2,4-5,7-9,17,20H,3,6,10-11H2. The van der Waals surface area contributed by atoms with Crippen LogP contribution in [-0.2, 0) is 13.0 Å². The van der Waals surface area contributed by atoms with Crippen LogP contribution in [0.2, 0.25) is 0 Å². The molecule has 1 atom stereocenters. The summed E-state index contributed by atoms with van der Waals surface area (Å²) in [6.45, 7) is 0.220. The minimum atomic E-state index is -0.485. The van der Waals surface area contributed by atoms with Crippen LogP contribution in [-0.4, -0.2) is 0 Å². The molecular formula is C17H17F2N. The molecule has 104 valence electrons. The third-order valence-corrected chi connectivity index (χ3v) is 3.96. The van der Waals surface area contributed by atoms with Gasteiger partial charge in [0.2, 0.25) is 0 Å². The first-order chi connectivity index (χ1) is 9.75. The molecule has 0 saturated carbocycles. The SMILES string of the molecule is Fc1cccc(F)c1CNC1CCCc2ccccc21. The molecule has 3 heteroatoms. The second kappa shape index (κ2) is 5.71. The van der Waals surface area contributed by atoms with Crippen molar-refractivity contribution in [3.8, 4) is 0 Å². The van der Waals surface area contributed by atoms with Crippen LogP contribution in [0.1, 0.15) is 35.6 Å². The Bertz CT molecular complexity index is 589. The summed E-state index contributed by atoms with van der Waals surface area (Å²) in [5.74, 6) is -0.969. The molecule has 0 amide bonds. The van der Waals surface area contributed by atoms with Crippen LogP contribution in [0.5, 0.6) is 0 Å². The Balaban J connectivity index is 1.77. The molecule has 2 aromatic rings. The molecular weight excluding hydrogens is 256 g/mol. The van der Waals surface area contributed by atoms with Gasteiger partial charge in [-0.15, -0.1) is 0 Å². The molecule has 2 aromatic carbocycles. The maximum Gasteiger partial charge on any atom is 0.130 e. The molecule has 1 unspecified atom stereocenters. The number of hydrogen-bond donors (Lipinski definition) is 1. The molecule has 20 heavy (non-hydrogen) atoms. The zero-order chi connectivity index (χ0) is 13.9. The Labute approximate surface area is 117 Å². The fourth-order valence-corrected chi connectivity index (χ4v) is 2.89. The second-order valence-corrected chi connectivity index (χ2v) is 5.22. The highest BCUT2D eigenvalue weighted by molar-refractivity contribution is 5.32. The third-order valence-electron chi connectivity index (χ3n) is 3.96. The molecule has 0 aliphatic heterocycles. The maximum atomic E-state index is 13.6. The van der Waals surface area contributed by atoms with Crippen molar-refractivity contribution in [3.63, 3.8) is 0 Å². The quantitative estimate of drug-likeness (QED) is 0.886. The fraction of sp³-hybridized carbons (Fsp3) is 0.294. The lowest BCUT2D eigenvalue weighted by Gasteiger charge is -2.26. The van der Waals surface area contributed by atoms with Crippen molar-refractivity contribution in [1.29, 1.82) is 0 Å². The first-order valence-corrected chi connectivity index (χ1v) is 7.00. The van der Waals surface area contributed by atoms with Crippen molar-refractivity contribution < 1.29 is 8.78 Å². The van der Waals surface area contributed by atoms with E-state index in [0.717, 1.165) is 19.3 Å². The zero-order valence-electron chi connectivity index (χ0n) is 11.2. The van der Waals surface area contributed by atoms with Gasteiger partial charge in [0.25, 0.3) is 0 Å². The van der Waals surface area contributed by atoms with Crippen LogP contribution >= 0.6 is 0 Å². The van der Waals surface area contributed by atoms with E-state index in [0.29, 0.717) is 0 Å². The topological polar surface area (TPSA) is 12.0 Å². The summed E-state index contributed by atoms with van der Waals surface area (Å²) < 4.78 is 27.2. The van der Waals surface area contributed by atoms with Gasteiger partial charge in [0.05, 0.1) is 0 Å². The Hall–Kier alpha value is -1.74. The smallest absolute Gasteiger partial charge is 0.130 e. The van der Waals surface area contributed by atoms with Gasteiger partial charge in [0.15, 0.2) is 0 Å². The lowest BCUT2D eigenvalue weighted by molar-refractivity contribution is 0.443. The predicted octanol–water partition coefficient (Wildman–Crippen LogP) is 4.13. The molecule has 0 bridgehead atoms. The van der Waals surface area contributed by atoms with Gasteiger partial charge < -0.3 is 5.32 Å². The monoisotopic (exact) mass is 273 g/mol. The molecule has 1 aliphatic carbocycles. The minimum Gasteiger partial charge on any atom is -0.306 e. The Kier molecular flexibility index (Phi) is 3.79. The van der Waals surface area contributed by atoms with Gasteiger partial charge in [-0.2, -0.15) is 0 Å². The highest BCUT2D eigenvalue weighted by Crippen LogP contribution is 2.29. The van der Waals surface area contributed by atoms with Gasteiger partial charge in [-0.05, 0) is 42.5 Å². The van der Waals surface area contributed by atoms with E-state index in [4.69, 9.17) is 0 Å². The Morgan fingerprint density at radius 1 is 1.00 bits per heavy atom. The lowest BCUT2D eigenvalue weighted by Crippen LogP contribution is -2.25. The molecule has 1 N–H and O–H groups in total. The van der Waals surface area contributed by atoms with E-state index in [1.807, 2.05) is 12.1 Å². The molecule has 0 saturated heterocycles. The number of benzene rings is 2. The Morgan fingerprint density at radius 2 is 1.75 bits per heavy atom. The largest absolute Gasteiger partial charge is 0.306 e. The van der Waals surface area contributed by atoms with Crippen molar-refractivity contribution in [1.82, 2.24) is 5.32 Å². The summed E-state index contributed by atoms with van der Waals surface area (Å²) in [4.78, 5) is 0. The van der Waals surface area contributed by atoms with Crippen molar-refractivity contribution in [2.24, 2.45) is 0 Å². The summed E-state index contributed by atoms with van der Waals surface area (Å²) in [6, 6.07) is 12.5. The zero-order valence-corrected chi connectivity index (χ0v) is 11.2. The van der Waals surface area contributed by atoms with Crippen LogP contribution in [0, 0.1) is 11.6 Å². The van der Waals surface area contributed by atoms with E-state index in [9.17, 15) is 8.78 Å². The van der Waals surface area contributed by atoms with E-state index in [1.165, 1.54) is 29.3 Å². The summed E-state index contributed by atoms with van der Waals surface area (Å²) in [6.07, 6.45) is 3.20. The molecule has 1 nitrogen and oxygen atoms in total. The Morgan fingerprint density at radius 3 is 2.55 bits per heavy atom. The number of halogens is 2. The molecule has 0 fully saturated rings. The summed E-state index contributed by atoms with van der Waals surface area (Å²) >= 11 is 0. The molecule has 1 aliphatic rings. The van der Waals surface area contributed by atoms with E-state index in [2.05, 4.69) is 17.4 Å². The number of aryl methyl sites for hydroxylation is 1. The molecule has 0 heterocycles. The average molecular weight is 273 g/mol. The first kappa shape index (κ1) is 13.3. The molecule has 0 aromatic heterocycles. The molecule has 0 radical (unpaired) electrons. The summed E-state index contributed by atoms with van der Waals surface area (Å²) in [7, 11) is 0. The normalized spacial score (nSPS) is 17.8. The van der Waals surface area contributed by atoms with Crippen LogP contribution in [0.3, 0.4) is 0 Å². The number of nitrogens with one attached hydrogen (secondary N) is 1. The fourth-order valence-electron chi connectivity index (χ4n) is 2.89. The predicted molar refractivity (Wildman–Crippen MR) is 75.3 cm³/mol. The summed E-state index contributed by atoms with van der Waals surface area (Å²) in [5.41, 5.74) is 2.72. The van der Waals surface area contributed by atoms with Crippen LogP contribution < -0.4 is 5.32 Å². The van der Waals surface area contributed by atoms with E-state index < -0.39 is 11.6 Å². The lowest BCUT2D eigenvalue weighted by atomic mass is 9.87. The van der Waals surface area contributed by atoms with E-state index >= 15 is 0 Å². The third kappa shape index (κ3) is 2.59. The van der Waals surface area contributed by atoms with Gasteiger partial charge in [-0.3, -0.25) is 0 Å². The number of fused-ring (bicyclic) bond motifs is 1. The minimum absolute atomic E-state index is 0.121. The van der Waals surface area contributed by atoms with Crippen LogP contribution in [0.15, 0.2) is 42.5 Å². The van der Waals surface area contributed by atoms with Crippen LogP contribution in [0.25, 0.3) is 0 Å². The van der Waals surface area contributed by atoms with Gasteiger partial charge >= 0.3 is 0 Å². The van der Waals surface area contributed by atoms with Gasteiger partial charge in [0, 0.05) is 18.2 Å². The van der Waals surface area contributed by atoms with Crippen molar-refractivity contribution in [2.45, 2.75) is 31.8 Å². The van der Waals surface area contributed by atoms with Gasteiger partial charge in [-0.1, -0.05) is 30.3 Å². The first-order valence-electron chi connectivity index (χ1n) is 7.00. The maximum absolute atomic E-state index is 13.6. The van der Waals surface area contributed by atoms with Crippen molar-refractivity contribution in [2.75, 3.05) is 0 Å². The average Bonchev–Trinajstić information content (AvgIpc) is 2.47. The van der Waals surface area contributed by atoms with E-state index in [1.54, 1.807) is 0 Å². The second-order valence-electron chi connectivity index (χ2n) is 5.22.